The first kappa shape index (κ1) is 11.7. The van der Waals surface area contributed by atoms with Crippen molar-refractivity contribution < 1.29 is 4.74 Å². The molecule has 1 aromatic heterocycles. The summed E-state index contributed by atoms with van der Waals surface area (Å²) < 4.78 is 5.57. The minimum atomic E-state index is 0.541. The largest absolute Gasteiger partial charge is 0.379 e. The molecular formula is C13H20N2OS. The standard InChI is InChI=1S/C13H20N2OS/c1-14-12-9-16-8-11(12)7-15-4-2-13-10(6-15)3-5-17-13/h3,5,11-12,14H,2,4,6-9H2,1H3. The van der Waals surface area contributed by atoms with Crippen LogP contribution in [0, 0.1) is 5.92 Å². The van der Waals surface area contributed by atoms with Crippen LogP contribution in [0.4, 0.5) is 0 Å². The van der Waals surface area contributed by atoms with Crippen molar-refractivity contribution in [3.05, 3.63) is 21.9 Å². The van der Waals surface area contributed by atoms with E-state index >= 15 is 0 Å². The van der Waals surface area contributed by atoms with E-state index in [1.54, 1.807) is 10.4 Å². The smallest absolute Gasteiger partial charge is 0.0623 e. The average Bonchev–Trinajstić information content (AvgIpc) is 2.96. The number of thiophene rings is 1. The average molecular weight is 252 g/mol. The van der Waals surface area contributed by atoms with Gasteiger partial charge in [0.15, 0.2) is 0 Å². The van der Waals surface area contributed by atoms with Crippen LogP contribution in [0.1, 0.15) is 10.4 Å². The van der Waals surface area contributed by atoms with Crippen molar-refractivity contribution in [2.45, 2.75) is 19.0 Å². The van der Waals surface area contributed by atoms with Gasteiger partial charge in [0.1, 0.15) is 0 Å². The van der Waals surface area contributed by atoms with E-state index in [4.69, 9.17) is 4.74 Å². The molecule has 1 N–H and O–H groups in total. The minimum absolute atomic E-state index is 0.541. The van der Waals surface area contributed by atoms with Gasteiger partial charge in [-0.2, -0.15) is 0 Å². The number of fused-ring (bicyclic) bond motifs is 1. The van der Waals surface area contributed by atoms with Crippen LogP contribution in [0.25, 0.3) is 0 Å². The molecule has 1 fully saturated rings. The summed E-state index contributed by atoms with van der Waals surface area (Å²) in [5.74, 6) is 0.653. The van der Waals surface area contributed by atoms with Gasteiger partial charge < -0.3 is 10.1 Å². The molecule has 3 rings (SSSR count). The van der Waals surface area contributed by atoms with Crippen LogP contribution in [0.15, 0.2) is 11.4 Å². The van der Waals surface area contributed by atoms with Gasteiger partial charge in [-0.05, 0) is 30.5 Å². The summed E-state index contributed by atoms with van der Waals surface area (Å²) >= 11 is 1.91. The first-order valence-electron chi connectivity index (χ1n) is 6.39. The highest BCUT2D eigenvalue weighted by Gasteiger charge is 2.29. The third kappa shape index (κ3) is 2.40. The number of hydrogen-bond acceptors (Lipinski definition) is 4. The Morgan fingerprint density at radius 3 is 3.35 bits per heavy atom. The molecule has 94 valence electrons. The van der Waals surface area contributed by atoms with Crippen LogP contribution in [0.5, 0.6) is 0 Å². The lowest BCUT2D eigenvalue weighted by atomic mass is 10.0. The molecule has 17 heavy (non-hydrogen) atoms. The summed E-state index contributed by atoms with van der Waals surface area (Å²) in [6, 6.07) is 2.83. The Kier molecular flexibility index (Phi) is 3.47. The summed E-state index contributed by atoms with van der Waals surface area (Å²) in [6.45, 7) is 5.30. The molecular weight excluding hydrogens is 232 g/mol. The molecule has 3 heterocycles. The molecule has 2 aliphatic rings. The molecule has 0 amide bonds. The van der Waals surface area contributed by atoms with Gasteiger partial charge in [-0.25, -0.2) is 0 Å². The molecule has 0 spiro atoms. The summed E-state index contributed by atoms with van der Waals surface area (Å²) in [5.41, 5.74) is 1.54. The van der Waals surface area contributed by atoms with Crippen molar-refractivity contribution in [2.75, 3.05) is 33.4 Å². The normalized spacial score (nSPS) is 29.5. The van der Waals surface area contributed by atoms with Gasteiger partial charge in [-0.1, -0.05) is 0 Å². The molecule has 0 bridgehead atoms. The fourth-order valence-corrected chi connectivity index (χ4v) is 3.78. The van der Waals surface area contributed by atoms with Crippen molar-refractivity contribution in [1.29, 1.82) is 0 Å². The zero-order valence-electron chi connectivity index (χ0n) is 10.3. The molecule has 2 atom stereocenters. The maximum absolute atomic E-state index is 5.57. The van der Waals surface area contributed by atoms with E-state index in [0.717, 1.165) is 19.8 Å². The predicted molar refractivity (Wildman–Crippen MR) is 70.5 cm³/mol. The first-order valence-corrected chi connectivity index (χ1v) is 7.27. The number of hydrogen-bond donors (Lipinski definition) is 1. The van der Waals surface area contributed by atoms with Crippen molar-refractivity contribution in [3.8, 4) is 0 Å². The molecule has 1 aromatic rings. The lowest BCUT2D eigenvalue weighted by Crippen LogP contribution is -2.41. The third-order valence-electron chi connectivity index (χ3n) is 3.95. The van der Waals surface area contributed by atoms with Crippen LogP contribution >= 0.6 is 11.3 Å². The summed E-state index contributed by atoms with van der Waals surface area (Å²) in [4.78, 5) is 4.17. The molecule has 2 unspecified atom stereocenters. The van der Waals surface area contributed by atoms with Gasteiger partial charge in [0.2, 0.25) is 0 Å². The second-order valence-corrected chi connectivity index (χ2v) is 6.05. The van der Waals surface area contributed by atoms with Crippen LogP contribution in [0.2, 0.25) is 0 Å². The quantitative estimate of drug-likeness (QED) is 0.878. The fourth-order valence-electron chi connectivity index (χ4n) is 2.89. The minimum Gasteiger partial charge on any atom is -0.379 e. The van der Waals surface area contributed by atoms with Crippen LogP contribution < -0.4 is 5.32 Å². The van der Waals surface area contributed by atoms with Gasteiger partial charge >= 0.3 is 0 Å². The molecule has 4 heteroatoms. The Morgan fingerprint density at radius 2 is 2.47 bits per heavy atom. The van der Waals surface area contributed by atoms with Crippen molar-refractivity contribution >= 4 is 11.3 Å². The number of rotatable bonds is 3. The van der Waals surface area contributed by atoms with Crippen LogP contribution in [0.3, 0.4) is 0 Å². The van der Waals surface area contributed by atoms with Crippen LogP contribution in [-0.4, -0.2) is 44.3 Å². The number of nitrogens with zero attached hydrogens (tertiary/aromatic N) is 1. The molecule has 0 saturated carbocycles. The van der Waals surface area contributed by atoms with Gasteiger partial charge in [0.05, 0.1) is 13.2 Å². The van der Waals surface area contributed by atoms with E-state index in [1.165, 1.54) is 19.5 Å². The Balaban J connectivity index is 1.60. The first-order chi connectivity index (χ1) is 8.36. The van der Waals surface area contributed by atoms with Crippen LogP contribution in [-0.2, 0) is 17.7 Å². The summed E-state index contributed by atoms with van der Waals surface area (Å²) in [7, 11) is 2.04. The molecule has 0 aromatic carbocycles. The van der Waals surface area contributed by atoms with Crippen molar-refractivity contribution in [2.24, 2.45) is 5.92 Å². The lowest BCUT2D eigenvalue weighted by molar-refractivity contribution is 0.162. The maximum Gasteiger partial charge on any atom is 0.0623 e. The molecule has 2 aliphatic heterocycles. The SMILES string of the molecule is CNC1COCC1CN1CCc2sccc2C1. The van der Waals surface area contributed by atoms with E-state index in [0.29, 0.717) is 12.0 Å². The molecule has 3 nitrogen and oxygen atoms in total. The number of nitrogens with one attached hydrogen (secondary N) is 1. The predicted octanol–water partition coefficient (Wildman–Crippen LogP) is 1.34. The lowest BCUT2D eigenvalue weighted by Gasteiger charge is -2.30. The van der Waals surface area contributed by atoms with E-state index in [-0.39, 0.29) is 0 Å². The highest BCUT2D eigenvalue weighted by atomic mass is 32.1. The molecule has 0 aliphatic carbocycles. The Hall–Kier alpha value is -0.420. The monoisotopic (exact) mass is 252 g/mol. The zero-order chi connectivity index (χ0) is 11.7. The summed E-state index contributed by atoms with van der Waals surface area (Å²) in [6.07, 6.45) is 1.23. The van der Waals surface area contributed by atoms with Gasteiger partial charge in [0.25, 0.3) is 0 Å². The Bertz CT molecular complexity index is 379. The molecule has 0 radical (unpaired) electrons. The second kappa shape index (κ2) is 5.06. The highest BCUT2D eigenvalue weighted by Crippen LogP contribution is 2.25. The molecule has 1 saturated heterocycles. The summed E-state index contributed by atoms with van der Waals surface area (Å²) in [5, 5.41) is 5.59. The van der Waals surface area contributed by atoms with E-state index < -0.39 is 0 Å². The Labute approximate surface area is 107 Å². The van der Waals surface area contributed by atoms with Crippen molar-refractivity contribution in [1.82, 2.24) is 10.2 Å². The van der Waals surface area contributed by atoms with E-state index in [9.17, 15) is 0 Å². The van der Waals surface area contributed by atoms with E-state index in [2.05, 4.69) is 21.7 Å². The van der Waals surface area contributed by atoms with Gasteiger partial charge in [0, 0.05) is 36.5 Å². The number of likely N-dealkylation sites (N-methyl/N-ethyl adjacent to an activating group) is 1. The Morgan fingerprint density at radius 1 is 1.53 bits per heavy atom. The zero-order valence-corrected chi connectivity index (χ0v) is 11.1. The topological polar surface area (TPSA) is 24.5 Å². The maximum atomic E-state index is 5.57. The second-order valence-electron chi connectivity index (χ2n) is 5.05. The van der Waals surface area contributed by atoms with E-state index in [1.807, 2.05) is 18.4 Å². The van der Waals surface area contributed by atoms with Gasteiger partial charge in [-0.15, -0.1) is 11.3 Å². The fraction of sp³-hybridized carbons (Fsp3) is 0.692. The highest BCUT2D eigenvalue weighted by molar-refractivity contribution is 7.10. The number of ether oxygens (including phenoxy) is 1. The van der Waals surface area contributed by atoms with Gasteiger partial charge in [-0.3, -0.25) is 4.90 Å². The van der Waals surface area contributed by atoms with Crippen molar-refractivity contribution in [3.63, 3.8) is 0 Å². The third-order valence-corrected chi connectivity index (χ3v) is 4.97.